The van der Waals surface area contributed by atoms with Gasteiger partial charge >= 0.3 is 0 Å². The van der Waals surface area contributed by atoms with E-state index in [-0.39, 0.29) is 12.3 Å². The predicted molar refractivity (Wildman–Crippen MR) is 78.2 cm³/mol. The number of rotatable bonds is 4. The number of pyridine rings is 1. The molecule has 0 atom stereocenters. The lowest BCUT2D eigenvalue weighted by Crippen LogP contribution is -2.43. The van der Waals surface area contributed by atoms with Crippen LogP contribution in [-0.4, -0.2) is 27.2 Å². The summed E-state index contributed by atoms with van der Waals surface area (Å²) in [5.74, 6) is 0.530. The topological polar surface area (TPSA) is 88.3 Å². The molecule has 0 radical (unpaired) electrons. The Hall–Kier alpha value is -2.47. The van der Waals surface area contributed by atoms with E-state index in [0.717, 1.165) is 0 Å². The van der Waals surface area contributed by atoms with Crippen molar-refractivity contribution in [1.29, 1.82) is 0 Å². The number of nitrogens with zero attached hydrogens (tertiary/aromatic N) is 2. The molecule has 0 spiro atoms. The number of hydrogen-bond donors (Lipinski definition) is 2. The number of aromatic nitrogens is 1. The van der Waals surface area contributed by atoms with Gasteiger partial charge in [0.25, 0.3) is 5.69 Å². The minimum atomic E-state index is -0.493. The molecule has 1 aromatic carbocycles. The Morgan fingerprint density at radius 1 is 1.24 bits per heavy atom. The third-order valence-corrected chi connectivity index (χ3v) is 3.83. The fourth-order valence-electron chi connectivity index (χ4n) is 2.77. The highest BCUT2D eigenvalue weighted by atomic mass is 16.6. The van der Waals surface area contributed by atoms with Gasteiger partial charge in [0.1, 0.15) is 12.0 Å². The molecule has 0 unspecified atom stereocenters. The summed E-state index contributed by atoms with van der Waals surface area (Å²) in [4.78, 5) is 14.2. The summed E-state index contributed by atoms with van der Waals surface area (Å²) in [6.07, 6.45) is 2.63. The molecule has 0 fully saturated rings. The van der Waals surface area contributed by atoms with Crippen LogP contribution in [0.3, 0.4) is 0 Å². The zero-order valence-electron chi connectivity index (χ0n) is 11.3. The van der Waals surface area contributed by atoms with Crippen LogP contribution in [-0.2, 0) is 12.8 Å². The number of aliphatic hydroxyl groups is 1. The average molecular weight is 285 g/mol. The molecule has 0 amide bonds. The van der Waals surface area contributed by atoms with E-state index in [1.807, 2.05) is 12.1 Å². The van der Waals surface area contributed by atoms with Crippen LogP contribution in [0.1, 0.15) is 11.1 Å². The number of fused-ring (bicyclic) bond motifs is 1. The summed E-state index contributed by atoms with van der Waals surface area (Å²) in [6.45, 7) is -0.0274. The van der Waals surface area contributed by atoms with E-state index in [2.05, 4.69) is 22.4 Å². The maximum absolute atomic E-state index is 10.6. The molecular weight excluding hydrogens is 270 g/mol. The van der Waals surface area contributed by atoms with Crippen molar-refractivity contribution in [3.8, 4) is 0 Å². The summed E-state index contributed by atoms with van der Waals surface area (Å²) in [5.41, 5.74) is 1.88. The van der Waals surface area contributed by atoms with Crippen molar-refractivity contribution >= 4 is 11.5 Å². The van der Waals surface area contributed by atoms with Crippen molar-refractivity contribution in [3.05, 3.63) is 63.8 Å². The van der Waals surface area contributed by atoms with E-state index in [1.54, 1.807) is 6.07 Å². The van der Waals surface area contributed by atoms with Gasteiger partial charge in [0.05, 0.1) is 17.1 Å². The smallest absolute Gasteiger partial charge is 0.287 e. The Kier molecular flexibility index (Phi) is 3.31. The van der Waals surface area contributed by atoms with Gasteiger partial charge in [0, 0.05) is 6.07 Å². The number of nitro groups is 1. The lowest BCUT2D eigenvalue weighted by atomic mass is 9.97. The first-order chi connectivity index (χ1) is 10.1. The summed E-state index contributed by atoms with van der Waals surface area (Å²) in [7, 11) is 0. The van der Waals surface area contributed by atoms with Crippen LogP contribution in [0.2, 0.25) is 0 Å². The highest BCUT2D eigenvalue weighted by Gasteiger charge is 2.36. The summed E-state index contributed by atoms with van der Waals surface area (Å²) in [6, 6.07) is 11.0. The second kappa shape index (κ2) is 5.14. The fraction of sp³-hybridized carbons (Fsp3) is 0.267. The zero-order chi connectivity index (χ0) is 14.9. The number of anilines is 1. The maximum atomic E-state index is 10.6. The second-order valence-corrected chi connectivity index (χ2v) is 5.34. The van der Waals surface area contributed by atoms with Gasteiger partial charge in [-0.25, -0.2) is 4.98 Å². The Morgan fingerprint density at radius 2 is 1.90 bits per heavy atom. The first-order valence-electron chi connectivity index (χ1n) is 6.68. The first-order valence-corrected chi connectivity index (χ1v) is 6.68. The van der Waals surface area contributed by atoms with Crippen LogP contribution in [0, 0.1) is 10.1 Å². The lowest BCUT2D eigenvalue weighted by molar-refractivity contribution is -0.385. The molecule has 1 heterocycles. The van der Waals surface area contributed by atoms with Gasteiger partial charge in [-0.1, -0.05) is 24.3 Å². The van der Waals surface area contributed by atoms with E-state index in [4.69, 9.17) is 0 Å². The molecule has 0 saturated heterocycles. The van der Waals surface area contributed by atoms with Gasteiger partial charge in [0.15, 0.2) is 0 Å². The molecule has 0 bridgehead atoms. The van der Waals surface area contributed by atoms with Crippen molar-refractivity contribution in [3.63, 3.8) is 0 Å². The van der Waals surface area contributed by atoms with Crippen molar-refractivity contribution in [2.45, 2.75) is 18.4 Å². The number of benzene rings is 1. The maximum Gasteiger partial charge on any atom is 0.287 e. The molecule has 1 aromatic heterocycles. The Labute approximate surface area is 121 Å². The van der Waals surface area contributed by atoms with Crippen LogP contribution in [0.4, 0.5) is 11.5 Å². The number of hydrogen-bond acceptors (Lipinski definition) is 5. The van der Waals surface area contributed by atoms with Gasteiger partial charge in [0.2, 0.25) is 0 Å². The third kappa shape index (κ3) is 2.57. The minimum absolute atomic E-state index is 0.0274. The lowest BCUT2D eigenvalue weighted by Gasteiger charge is -2.28. The van der Waals surface area contributed by atoms with Crippen LogP contribution in [0.5, 0.6) is 0 Å². The SMILES string of the molecule is O=[N+]([O-])c1ccc(NC2(CO)Cc3ccccc3C2)nc1. The molecule has 6 nitrogen and oxygen atoms in total. The van der Waals surface area contributed by atoms with E-state index in [0.29, 0.717) is 18.7 Å². The Balaban J connectivity index is 1.81. The highest BCUT2D eigenvalue weighted by Crippen LogP contribution is 2.32. The van der Waals surface area contributed by atoms with Crippen molar-refractivity contribution in [2.75, 3.05) is 11.9 Å². The number of aliphatic hydroxyl groups excluding tert-OH is 1. The van der Waals surface area contributed by atoms with E-state index in [1.165, 1.54) is 23.4 Å². The van der Waals surface area contributed by atoms with Gasteiger partial charge in [-0.15, -0.1) is 0 Å². The predicted octanol–water partition coefficient (Wildman–Crippen LogP) is 1.93. The summed E-state index contributed by atoms with van der Waals surface area (Å²) >= 11 is 0. The molecule has 0 aliphatic heterocycles. The Morgan fingerprint density at radius 3 is 2.38 bits per heavy atom. The standard InChI is InChI=1S/C15H15N3O3/c19-10-15(7-11-3-1-2-4-12(11)8-15)17-14-6-5-13(9-16-14)18(20)21/h1-6,9,19H,7-8,10H2,(H,16,17). The molecule has 108 valence electrons. The molecule has 2 aromatic rings. The molecule has 1 aliphatic rings. The van der Waals surface area contributed by atoms with E-state index >= 15 is 0 Å². The normalized spacial score (nSPS) is 15.5. The van der Waals surface area contributed by atoms with Gasteiger partial charge in [-0.3, -0.25) is 10.1 Å². The third-order valence-electron chi connectivity index (χ3n) is 3.83. The monoisotopic (exact) mass is 285 g/mol. The van der Waals surface area contributed by atoms with E-state index in [9.17, 15) is 15.2 Å². The molecule has 1 aliphatic carbocycles. The van der Waals surface area contributed by atoms with Gasteiger partial charge in [-0.2, -0.15) is 0 Å². The zero-order valence-corrected chi connectivity index (χ0v) is 11.3. The molecule has 2 N–H and O–H groups in total. The molecular formula is C15H15N3O3. The van der Waals surface area contributed by atoms with Crippen LogP contribution < -0.4 is 5.32 Å². The highest BCUT2D eigenvalue weighted by molar-refractivity contribution is 5.47. The fourth-order valence-corrected chi connectivity index (χ4v) is 2.77. The van der Waals surface area contributed by atoms with Crippen LogP contribution in [0.15, 0.2) is 42.6 Å². The molecule has 3 rings (SSSR count). The van der Waals surface area contributed by atoms with Gasteiger partial charge < -0.3 is 10.4 Å². The molecule has 0 saturated carbocycles. The first kappa shape index (κ1) is 13.5. The van der Waals surface area contributed by atoms with Crippen LogP contribution in [0.25, 0.3) is 0 Å². The largest absolute Gasteiger partial charge is 0.394 e. The quantitative estimate of drug-likeness (QED) is 0.662. The van der Waals surface area contributed by atoms with Crippen molar-refractivity contribution in [1.82, 2.24) is 4.98 Å². The molecule has 6 heteroatoms. The summed E-state index contributed by atoms with van der Waals surface area (Å²) in [5, 5.41) is 23.7. The Bertz CT molecular complexity index is 645. The average Bonchev–Trinajstić information content (AvgIpc) is 2.86. The number of nitrogens with one attached hydrogen (secondary N) is 1. The van der Waals surface area contributed by atoms with Gasteiger partial charge in [-0.05, 0) is 30.0 Å². The van der Waals surface area contributed by atoms with Crippen molar-refractivity contribution in [2.24, 2.45) is 0 Å². The van der Waals surface area contributed by atoms with E-state index < -0.39 is 10.5 Å². The molecule has 21 heavy (non-hydrogen) atoms. The van der Waals surface area contributed by atoms with Crippen LogP contribution >= 0.6 is 0 Å². The second-order valence-electron chi connectivity index (χ2n) is 5.34. The van der Waals surface area contributed by atoms with Crippen molar-refractivity contribution < 1.29 is 10.0 Å². The minimum Gasteiger partial charge on any atom is -0.394 e. The summed E-state index contributed by atoms with van der Waals surface area (Å²) < 4.78 is 0.